The highest BCUT2D eigenvalue weighted by molar-refractivity contribution is 5.56. The molecule has 0 amide bonds. The minimum absolute atomic E-state index is 0.189. The molecule has 0 heterocycles. The van der Waals surface area contributed by atoms with Gasteiger partial charge >= 0.3 is 0 Å². The molecule has 0 aliphatic rings. The topological polar surface area (TPSA) is 12.0 Å². The summed E-state index contributed by atoms with van der Waals surface area (Å²) in [7, 11) is 2.00. The van der Waals surface area contributed by atoms with Crippen molar-refractivity contribution in [3.05, 3.63) is 29.3 Å². The number of hydrogen-bond acceptors (Lipinski definition) is 1. The van der Waals surface area contributed by atoms with Gasteiger partial charge in [0, 0.05) is 12.7 Å². The normalized spacial score (nSPS) is 12.7. The summed E-state index contributed by atoms with van der Waals surface area (Å²) >= 11 is 0. The van der Waals surface area contributed by atoms with E-state index in [1.165, 1.54) is 16.8 Å². The van der Waals surface area contributed by atoms with Gasteiger partial charge in [0.15, 0.2) is 0 Å². The van der Waals surface area contributed by atoms with E-state index in [0.29, 0.717) is 0 Å². The highest BCUT2D eigenvalue weighted by Gasteiger charge is 2.20. The van der Waals surface area contributed by atoms with E-state index in [-0.39, 0.29) is 10.8 Å². The first-order valence-corrected chi connectivity index (χ1v) is 5.99. The second-order valence-corrected chi connectivity index (χ2v) is 6.51. The molecule has 0 spiro atoms. The van der Waals surface area contributed by atoms with Crippen molar-refractivity contribution in [2.24, 2.45) is 0 Å². The van der Waals surface area contributed by atoms with Gasteiger partial charge in [0.05, 0.1) is 0 Å². The van der Waals surface area contributed by atoms with Crippen LogP contribution in [0.3, 0.4) is 0 Å². The van der Waals surface area contributed by atoms with Gasteiger partial charge in [-0.2, -0.15) is 0 Å². The minimum atomic E-state index is 0.189. The molecule has 0 aromatic heterocycles. The van der Waals surface area contributed by atoms with E-state index in [4.69, 9.17) is 0 Å². The van der Waals surface area contributed by atoms with Gasteiger partial charge in [-0.25, -0.2) is 0 Å². The van der Waals surface area contributed by atoms with Crippen molar-refractivity contribution < 1.29 is 0 Å². The van der Waals surface area contributed by atoms with E-state index in [9.17, 15) is 0 Å². The monoisotopic (exact) mass is 219 g/mol. The SMILES string of the molecule is CNc1cc(C(C)(C)C)ccc1C(C)(C)C. The molecular weight excluding hydrogens is 194 g/mol. The van der Waals surface area contributed by atoms with Crippen LogP contribution in [-0.2, 0) is 10.8 Å². The van der Waals surface area contributed by atoms with Crippen LogP contribution in [-0.4, -0.2) is 7.05 Å². The van der Waals surface area contributed by atoms with Gasteiger partial charge < -0.3 is 5.32 Å². The lowest BCUT2D eigenvalue weighted by Gasteiger charge is -2.26. The zero-order valence-corrected chi connectivity index (χ0v) is 11.7. The first-order chi connectivity index (χ1) is 7.16. The molecule has 0 unspecified atom stereocenters. The Morgan fingerprint density at radius 3 is 1.81 bits per heavy atom. The van der Waals surface area contributed by atoms with Gasteiger partial charge in [0.25, 0.3) is 0 Å². The quantitative estimate of drug-likeness (QED) is 0.741. The Kier molecular flexibility index (Phi) is 3.37. The Labute approximate surface area is 100 Å². The molecule has 0 atom stereocenters. The van der Waals surface area contributed by atoms with Gasteiger partial charge in [-0.1, -0.05) is 53.7 Å². The zero-order valence-electron chi connectivity index (χ0n) is 11.7. The van der Waals surface area contributed by atoms with Crippen LogP contribution in [0.15, 0.2) is 18.2 Å². The second-order valence-electron chi connectivity index (χ2n) is 6.51. The van der Waals surface area contributed by atoms with Gasteiger partial charge in [-0.05, 0) is 28.0 Å². The van der Waals surface area contributed by atoms with Crippen LogP contribution >= 0.6 is 0 Å². The fourth-order valence-corrected chi connectivity index (χ4v) is 1.87. The van der Waals surface area contributed by atoms with Crippen LogP contribution in [0.5, 0.6) is 0 Å². The summed E-state index contributed by atoms with van der Waals surface area (Å²) in [5, 5.41) is 3.31. The maximum atomic E-state index is 3.31. The summed E-state index contributed by atoms with van der Waals surface area (Å²) < 4.78 is 0. The third kappa shape index (κ3) is 2.78. The average molecular weight is 219 g/mol. The maximum Gasteiger partial charge on any atom is 0.0378 e. The van der Waals surface area contributed by atoms with Crippen molar-refractivity contribution >= 4 is 5.69 Å². The standard InChI is InChI=1S/C15H25N/c1-14(2,3)11-8-9-12(15(4,5)6)13(10-11)16-7/h8-10,16H,1-7H3. The third-order valence-electron chi connectivity index (χ3n) is 2.96. The molecule has 0 saturated carbocycles. The number of rotatable bonds is 1. The molecule has 0 bridgehead atoms. The molecule has 1 N–H and O–H groups in total. The van der Waals surface area contributed by atoms with Crippen molar-refractivity contribution in [2.75, 3.05) is 12.4 Å². The van der Waals surface area contributed by atoms with Crippen LogP contribution in [0.25, 0.3) is 0 Å². The lowest BCUT2D eigenvalue weighted by molar-refractivity contribution is 0.578. The van der Waals surface area contributed by atoms with Crippen LogP contribution < -0.4 is 5.32 Å². The van der Waals surface area contributed by atoms with Gasteiger partial charge in [-0.15, -0.1) is 0 Å². The summed E-state index contributed by atoms with van der Waals surface area (Å²) in [5.41, 5.74) is 4.41. The van der Waals surface area contributed by atoms with Gasteiger partial charge in [-0.3, -0.25) is 0 Å². The van der Waals surface area contributed by atoms with Crippen molar-refractivity contribution in [1.82, 2.24) is 0 Å². The third-order valence-corrected chi connectivity index (χ3v) is 2.96. The number of hydrogen-bond donors (Lipinski definition) is 1. The second kappa shape index (κ2) is 4.12. The van der Waals surface area contributed by atoms with Crippen molar-refractivity contribution in [3.63, 3.8) is 0 Å². The molecule has 90 valence electrons. The maximum absolute atomic E-state index is 3.31. The molecule has 0 radical (unpaired) electrons. The molecule has 1 nitrogen and oxygen atoms in total. The first kappa shape index (κ1) is 13.1. The summed E-state index contributed by atoms with van der Waals surface area (Å²) in [6, 6.07) is 6.79. The fourth-order valence-electron chi connectivity index (χ4n) is 1.87. The van der Waals surface area contributed by atoms with E-state index < -0.39 is 0 Å². The highest BCUT2D eigenvalue weighted by Crippen LogP contribution is 2.33. The largest absolute Gasteiger partial charge is 0.388 e. The fraction of sp³-hybridized carbons (Fsp3) is 0.600. The molecule has 16 heavy (non-hydrogen) atoms. The Morgan fingerprint density at radius 2 is 1.44 bits per heavy atom. The van der Waals surface area contributed by atoms with E-state index in [1.54, 1.807) is 0 Å². The predicted molar refractivity (Wildman–Crippen MR) is 73.4 cm³/mol. The van der Waals surface area contributed by atoms with E-state index in [1.807, 2.05) is 7.05 Å². The van der Waals surface area contributed by atoms with E-state index in [0.717, 1.165) is 0 Å². The zero-order chi connectivity index (χ0) is 12.6. The van der Waals surface area contributed by atoms with Crippen LogP contribution in [0.4, 0.5) is 5.69 Å². The Balaban J connectivity index is 3.28. The predicted octanol–water partition coefficient (Wildman–Crippen LogP) is 4.32. The number of benzene rings is 1. The van der Waals surface area contributed by atoms with Crippen LogP contribution in [0, 0.1) is 0 Å². The summed E-state index contributed by atoms with van der Waals surface area (Å²) in [4.78, 5) is 0. The van der Waals surface area contributed by atoms with Crippen molar-refractivity contribution in [2.45, 2.75) is 52.4 Å². The smallest absolute Gasteiger partial charge is 0.0378 e. The molecular formula is C15H25N. The highest BCUT2D eigenvalue weighted by atomic mass is 14.8. The molecule has 0 saturated heterocycles. The molecule has 1 aromatic rings. The first-order valence-electron chi connectivity index (χ1n) is 5.99. The molecule has 1 heteroatoms. The van der Waals surface area contributed by atoms with Gasteiger partial charge in [0.2, 0.25) is 0 Å². The Hall–Kier alpha value is -0.980. The Bertz CT molecular complexity index is 364. The molecule has 0 aliphatic heterocycles. The van der Waals surface area contributed by atoms with E-state index >= 15 is 0 Å². The van der Waals surface area contributed by atoms with Crippen LogP contribution in [0.1, 0.15) is 52.7 Å². The molecule has 1 rings (SSSR count). The lowest BCUT2D eigenvalue weighted by Crippen LogP contribution is -2.17. The molecule has 1 aromatic carbocycles. The minimum Gasteiger partial charge on any atom is -0.388 e. The lowest BCUT2D eigenvalue weighted by atomic mass is 9.81. The summed E-state index contributed by atoms with van der Waals surface area (Å²) in [6.07, 6.45) is 0. The van der Waals surface area contributed by atoms with Crippen molar-refractivity contribution in [1.29, 1.82) is 0 Å². The number of anilines is 1. The average Bonchev–Trinajstić information content (AvgIpc) is 2.14. The van der Waals surface area contributed by atoms with Crippen molar-refractivity contribution in [3.8, 4) is 0 Å². The molecule has 0 aliphatic carbocycles. The molecule has 0 fully saturated rings. The Morgan fingerprint density at radius 1 is 0.875 bits per heavy atom. The summed E-state index contributed by atoms with van der Waals surface area (Å²) in [5.74, 6) is 0. The summed E-state index contributed by atoms with van der Waals surface area (Å²) in [6.45, 7) is 13.5. The number of nitrogens with one attached hydrogen (secondary N) is 1. The van der Waals surface area contributed by atoms with E-state index in [2.05, 4.69) is 65.1 Å². The van der Waals surface area contributed by atoms with Gasteiger partial charge in [0.1, 0.15) is 0 Å². The van der Waals surface area contributed by atoms with Crippen LogP contribution in [0.2, 0.25) is 0 Å².